The lowest BCUT2D eigenvalue weighted by molar-refractivity contribution is 0.0956. The van der Waals surface area contributed by atoms with Crippen LogP contribution in [0.4, 0.5) is 0 Å². The standard InChI is InChI=1S/C24H20N4O2/c1-15-11-22-25-13-19-12-20(16-5-3-2-4-6-16)23(26-24(19)28(22)27-15)18-9-7-17(8-10-18)21(30)14-29/h2-13,21,29-30H,14H2,1H3. The van der Waals surface area contributed by atoms with E-state index in [4.69, 9.17) is 4.98 Å². The van der Waals surface area contributed by atoms with E-state index in [9.17, 15) is 10.2 Å². The van der Waals surface area contributed by atoms with Gasteiger partial charge in [0.2, 0.25) is 0 Å². The van der Waals surface area contributed by atoms with Crippen LogP contribution in [0.1, 0.15) is 17.4 Å². The number of aliphatic hydroxyl groups excluding tert-OH is 2. The lowest BCUT2D eigenvalue weighted by atomic mass is 9.97. The molecule has 3 heterocycles. The van der Waals surface area contributed by atoms with Crippen molar-refractivity contribution in [1.29, 1.82) is 0 Å². The summed E-state index contributed by atoms with van der Waals surface area (Å²) in [4.78, 5) is 9.52. The molecule has 6 heteroatoms. The van der Waals surface area contributed by atoms with Crippen LogP contribution in [-0.2, 0) is 0 Å². The summed E-state index contributed by atoms with van der Waals surface area (Å²) in [5, 5.41) is 24.6. The van der Waals surface area contributed by atoms with Crippen LogP contribution in [0.5, 0.6) is 0 Å². The molecule has 2 aromatic carbocycles. The number of fused-ring (bicyclic) bond motifs is 3. The van der Waals surface area contributed by atoms with Crippen molar-refractivity contribution in [2.24, 2.45) is 0 Å². The minimum atomic E-state index is -0.894. The Morgan fingerprint density at radius 1 is 0.967 bits per heavy atom. The van der Waals surface area contributed by atoms with Crippen molar-refractivity contribution in [3.63, 3.8) is 0 Å². The number of aromatic nitrogens is 4. The van der Waals surface area contributed by atoms with E-state index in [1.54, 1.807) is 4.52 Å². The predicted molar refractivity (Wildman–Crippen MR) is 116 cm³/mol. The third kappa shape index (κ3) is 3.12. The summed E-state index contributed by atoms with van der Waals surface area (Å²) in [5.74, 6) is 0. The van der Waals surface area contributed by atoms with E-state index < -0.39 is 6.10 Å². The molecule has 0 aliphatic rings. The lowest BCUT2D eigenvalue weighted by Crippen LogP contribution is -2.02. The molecular formula is C24H20N4O2. The Morgan fingerprint density at radius 3 is 2.47 bits per heavy atom. The molecule has 6 nitrogen and oxygen atoms in total. The van der Waals surface area contributed by atoms with Gasteiger partial charge in [-0.15, -0.1) is 0 Å². The van der Waals surface area contributed by atoms with Gasteiger partial charge in [-0.2, -0.15) is 9.61 Å². The molecule has 5 rings (SSSR count). The summed E-state index contributed by atoms with van der Waals surface area (Å²) >= 11 is 0. The lowest BCUT2D eigenvalue weighted by Gasteiger charge is -2.13. The van der Waals surface area contributed by atoms with E-state index >= 15 is 0 Å². The highest BCUT2D eigenvalue weighted by molar-refractivity contribution is 5.90. The van der Waals surface area contributed by atoms with Gasteiger partial charge in [0, 0.05) is 28.8 Å². The first-order chi connectivity index (χ1) is 14.6. The van der Waals surface area contributed by atoms with Crippen molar-refractivity contribution in [3.8, 4) is 22.4 Å². The van der Waals surface area contributed by atoms with Crippen LogP contribution in [0.25, 0.3) is 39.1 Å². The molecule has 0 amide bonds. The Bertz CT molecular complexity index is 1350. The summed E-state index contributed by atoms with van der Waals surface area (Å²) in [5.41, 5.74) is 6.82. The van der Waals surface area contributed by atoms with Crippen molar-refractivity contribution in [1.82, 2.24) is 19.6 Å². The SMILES string of the molecule is Cc1cc2ncc3cc(-c4ccccc4)c(-c4ccc(C(O)CO)cc4)nc3n2n1. The molecule has 5 aromatic rings. The zero-order valence-corrected chi connectivity index (χ0v) is 16.4. The highest BCUT2D eigenvalue weighted by Crippen LogP contribution is 2.34. The predicted octanol–water partition coefficient (Wildman–Crippen LogP) is 3.95. The number of hydrogen-bond acceptors (Lipinski definition) is 5. The molecular weight excluding hydrogens is 376 g/mol. The summed E-state index contributed by atoms with van der Waals surface area (Å²) in [7, 11) is 0. The van der Waals surface area contributed by atoms with E-state index in [-0.39, 0.29) is 6.61 Å². The summed E-state index contributed by atoms with van der Waals surface area (Å²) in [6.07, 6.45) is 0.936. The largest absolute Gasteiger partial charge is 0.393 e. The zero-order chi connectivity index (χ0) is 20.7. The average Bonchev–Trinajstić information content (AvgIpc) is 3.19. The number of benzene rings is 2. The van der Waals surface area contributed by atoms with Gasteiger partial charge in [0.15, 0.2) is 11.3 Å². The van der Waals surface area contributed by atoms with Crippen molar-refractivity contribution in [3.05, 3.63) is 84.2 Å². The molecule has 0 fully saturated rings. The molecule has 0 radical (unpaired) electrons. The van der Waals surface area contributed by atoms with Gasteiger partial charge in [-0.3, -0.25) is 0 Å². The average molecular weight is 396 g/mol. The van der Waals surface area contributed by atoms with Gasteiger partial charge in [-0.1, -0.05) is 54.6 Å². The number of hydrogen-bond donors (Lipinski definition) is 2. The molecule has 0 saturated carbocycles. The molecule has 0 aliphatic carbocycles. The Labute approximate surface area is 173 Å². The fraction of sp³-hybridized carbons (Fsp3) is 0.125. The quantitative estimate of drug-likeness (QED) is 0.481. The molecule has 0 aliphatic heterocycles. The number of nitrogens with zero attached hydrogens (tertiary/aromatic N) is 4. The van der Waals surface area contributed by atoms with Gasteiger partial charge in [0.25, 0.3) is 0 Å². The van der Waals surface area contributed by atoms with Crippen LogP contribution < -0.4 is 0 Å². The van der Waals surface area contributed by atoms with Crippen molar-refractivity contribution >= 4 is 16.7 Å². The van der Waals surface area contributed by atoms with Crippen molar-refractivity contribution in [2.75, 3.05) is 6.61 Å². The van der Waals surface area contributed by atoms with Crippen molar-refractivity contribution in [2.45, 2.75) is 13.0 Å². The smallest absolute Gasteiger partial charge is 0.165 e. The molecule has 30 heavy (non-hydrogen) atoms. The molecule has 1 unspecified atom stereocenters. The maximum Gasteiger partial charge on any atom is 0.165 e. The van der Waals surface area contributed by atoms with Crippen LogP contribution >= 0.6 is 0 Å². The molecule has 2 N–H and O–H groups in total. The highest BCUT2D eigenvalue weighted by atomic mass is 16.3. The third-order valence-electron chi connectivity index (χ3n) is 5.21. The van der Waals surface area contributed by atoms with Gasteiger partial charge in [-0.05, 0) is 24.1 Å². The van der Waals surface area contributed by atoms with Gasteiger partial charge in [-0.25, -0.2) is 9.97 Å². The number of pyridine rings is 1. The Morgan fingerprint density at radius 2 is 1.73 bits per heavy atom. The van der Waals surface area contributed by atoms with E-state index in [0.717, 1.165) is 44.8 Å². The van der Waals surface area contributed by atoms with E-state index in [2.05, 4.69) is 28.3 Å². The van der Waals surface area contributed by atoms with Crippen LogP contribution in [-0.4, -0.2) is 36.4 Å². The van der Waals surface area contributed by atoms with Crippen LogP contribution in [0.15, 0.2) is 72.9 Å². The number of aliphatic hydroxyl groups is 2. The summed E-state index contributed by atoms with van der Waals surface area (Å²) in [6, 6.07) is 21.6. The Kier molecular flexibility index (Phi) is 4.50. The van der Waals surface area contributed by atoms with Gasteiger partial charge in [0.05, 0.1) is 18.0 Å². The zero-order valence-electron chi connectivity index (χ0n) is 16.4. The second-order valence-corrected chi connectivity index (χ2v) is 7.30. The van der Waals surface area contributed by atoms with Gasteiger partial charge >= 0.3 is 0 Å². The first-order valence-corrected chi connectivity index (χ1v) is 9.75. The van der Waals surface area contributed by atoms with E-state index in [1.807, 2.05) is 61.7 Å². The highest BCUT2D eigenvalue weighted by Gasteiger charge is 2.15. The number of rotatable bonds is 4. The van der Waals surface area contributed by atoms with Crippen LogP contribution in [0.3, 0.4) is 0 Å². The maximum atomic E-state index is 9.90. The number of aryl methyl sites for hydroxylation is 1. The molecule has 3 aromatic heterocycles. The second kappa shape index (κ2) is 7.33. The normalized spacial score (nSPS) is 12.5. The van der Waals surface area contributed by atoms with E-state index in [1.165, 1.54) is 0 Å². The maximum absolute atomic E-state index is 9.90. The summed E-state index contributed by atoms with van der Waals surface area (Å²) < 4.78 is 1.77. The Hall–Kier alpha value is -3.61. The monoisotopic (exact) mass is 396 g/mol. The van der Waals surface area contributed by atoms with E-state index in [0.29, 0.717) is 5.56 Å². The first-order valence-electron chi connectivity index (χ1n) is 9.75. The minimum Gasteiger partial charge on any atom is -0.393 e. The Balaban J connectivity index is 1.77. The van der Waals surface area contributed by atoms with Crippen LogP contribution in [0.2, 0.25) is 0 Å². The van der Waals surface area contributed by atoms with Gasteiger partial charge < -0.3 is 10.2 Å². The molecule has 148 valence electrons. The molecule has 0 bridgehead atoms. The van der Waals surface area contributed by atoms with Crippen LogP contribution in [0, 0.1) is 6.92 Å². The minimum absolute atomic E-state index is 0.313. The molecule has 0 saturated heterocycles. The molecule has 1 atom stereocenters. The fourth-order valence-corrected chi connectivity index (χ4v) is 3.68. The van der Waals surface area contributed by atoms with Gasteiger partial charge in [0.1, 0.15) is 6.10 Å². The third-order valence-corrected chi connectivity index (χ3v) is 5.21. The second-order valence-electron chi connectivity index (χ2n) is 7.30. The topological polar surface area (TPSA) is 83.5 Å². The van der Waals surface area contributed by atoms with Crippen molar-refractivity contribution < 1.29 is 10.2 Å². The first kappa shape index (κ1) is 18.4. The summed E-state index contributed by atoms with van der Waals surface area (Å²) in [6.45, 7) is 1.62. The fourth-order valence-electron chi connectivity index (χ4n) is 3.68. The molecule has 0 spiro atoms.